The Kier molecular flexibility index (Phi) is 24.0. The molecule has 21 saturated heterocycles. The fraction of sp³-hybridized carbons (Fsp3) is 0.768. The van der Waals surface area contributed by atoms with Gasteiger partial charge >= 0.3 is 5.97 Å². The molecule has 0 spiro atoms. The molecule has 0 aliphatic carbocycles. The highest BCUT2D eigenvalue weighted by atomic mass is 16.8. The van der Waals surface area contributed by atoms with Crippen LogP contribution in [0, 0.1) is 0 Å². The van der Waals surface area contributed by atoms with Gasteiger partial charge in [-0.2, -0.15) is 0 Å². The van der Waals surface area contributed by atoms with Crippen molar-refractivity contribution in [3.63, 3.8) is 0 Å². The standard InChI is InChI=1S/C56H80O36/c57-11-21-43-30(65)37(72)51(80-21)88-45-23(13-59)82-53(39(74)32(45)67)90-47-25(15-61)84-55(41(76)34(47)69)92-49-27(17-78-28(63)10-18-6-8-20(9-7-18)19-4-2-1-3-5-19)85-56(42(77)35(49)70)91-48-26(16-62)83-54(40(75)33(48)68)89-46-24(14-60)81-52(38(73)31(46)66)87-44-22(12-58)79-50(86-43)36(71)29(44)64/h1-9,21-27,29-62,64-77H,10-17H2/t21-,22-,23-,24-,25-,26-,27-,29-,30+,31-,32+,33-,34+,35-,36-,37+,38-,39+,40-,41+,42-,43-,44-,45-,46-,47-,48-,49-,50-,51-,52-,53-,54-,55-,56-/m1/s1. The Morgan fingerprint density at radius 2 is 0.500 bits per heavy atom. The van der Waals surface area contributed by atoms with Crippen molar-refractivity contribution in [1.29, 1.82) is 0 Å². The van der Waals surface area contributed by atoms with Crippen molar-refractivity contribution in [3.8, 4) is 11.1 Å². The third-order valence-electron chi connectivity index (χ3n) is 17.4. The molecule has 35 atom stereocenters. The van der Waals surface area contributed by atoms with Crippen LogP contribution in [0.5, 0.6) is 0 Å². The van der Waals surface area contributed by atoms with E-state index in [1.807, 2.05) is 30.3 Å². The van der Waals surface area contributed by atoms with Gasteiger partial charge in [0.25, 0.3) is 0 Å². The van der Waals surface area contributed by atoms with E-state index in [0.717, 1.165) is 11.1 Å². The topological polar surface area (TPSA) is 560 Å². The van der Waals surface area contributed by atoms with Gasteiger partial charge in [0.15, 0.2) is 44.0 Å². The van der Waals surface area contributed by atoms with Crippen LogP contribution in [-0.4, -0.2) is 369 Å². The summed E-state index contributed by atoms with van der Waals surface area (Å²) in [6.07, 6.45) is -72.1. The molecule has 2 aromatic rings. The number of hydrogen-bond donors (Lipinski definition) is 20. The van der Waals surface area contributed by atoms with Crippen molar-refractivity contribution in [3.05, 3.63) is 60.2 Å². The van der Waals surface area contributed by atoms with Crippen molar-refractivity contribution in [2.45, 2.75) is 221 Å². The molecule has 36 nitrogen and oxygen atoms in total. The van der Waals surface area contributed by atoms with E-state index >= 15 is 0 Å². The Bertz CT molecular complexity index is 2600. The molecular formula is C56H80O36. The predicted molar refractivity (Wildman–Crippen MR) is 288 cm³/mol. The number of ether oxygens (including phenoxy) is 15. The minimum absolute atomic E-state index is 0.334. The van der Waals surface area contributed by atoms with Crippen molar-refractivity contribution in [2.24, 2.45) is 0 Å². The summed E-state index contributed by atoms with van der Waals surface area (Å²) < 4.78 is 86.8. The minimum atomic E-state index is -2.28. The summed E-state index contributed by atoms with van der Waals surface area (Å²) >= 11 is 0. The first-order valence-corrected chi connectivity index (χ1v) is 29.7. The number of aliphatic hydroxyl groups excluding tert-OH is 20. The van der Waals surface area contributed by atoms with E-state index in [2.05, 4.69) is 0 Å². The third kappa shape index (κ3) is 14.7. The Labute approximate surface area is 521 Å². The molecule has 0 radical (unpaired) electrons. The molecule has 2 aromatic carbocycles. The first-order chi connectivity index (χ1) is 44.0. The van der Waals surface area contributed by atoms with Gasteiger partial charge in [0, 0.05) is 0 Å². The number of rotatable bonds is 11. The van der Waals surface area contributed by atoms with Crippen LogP contribution in [0.2, 0.25) is 0 Å². The van der Waals surface area contributed by atoms with Crippen molar-refractivity contribution in [2.75, 3.05) is 46.2 Å². The van der Waals surface area contributed by atoms with Crippen LogP contribution in [0.3, 0.4) is 0 Å². The lowest BCUT2D eigenvalue weighted by molar-refractivity contribution is -0.396. The van der Waals surface area contributed by atoms with Crippen LogP contribution in [0.4, 0.5) is 0 Å². The number of carbonyl (C=O) groups excluding carboxylic acids is 1. The molecule has 14 bridgehead atoms. The first-order valence-electron chi connectivity index (χ1n) is 29.7. The molecule has 0 aromatic heterocycles. The van der Waals surface area contributed by atoms with Crippen LogP contribution in [-0.2, 0) is 82.3 Å². The van der Waals surface area contributed by atoms with Crippen molar-refractivity contribution >= 4 is 5.97 Å². The largest absolute Gasteiger partial charge is 0.463 e. The molecule has 21 fully saturated rings. The van der Waals surface area contributed by atoms with E-state index in [1.54, 1.807) is 24.3 Å². The number of aliphatic hydroxyl groups is 20. The van der Waals surface area contributed by atoms with E-state index in [9.17, 15) is 107 Å². The number of hydrogen-bond acceptors (Lipinski definition) is 36. The second kappa shape index (κ2) is 31.0. The van der Waals surface area contributed by atoms with Crippen LogP contribution in [0.25, 0.3) is 11.1 Å². The first kappa shape index (κ1) is 71.3. The molecule has 23 rings (SSSR count). The molecule has 36 heteroatoms. The summed E-state index contributed by atoms with van der Waals surface area (Å²) in [6, 6.07) is 16.2. The molecule has 520 valence electrons. The van der Waals surface area contributed by atoms with Gasteiger partial charge in [-0.05, 0) is 16.7 Å². The van der Waals surface area contributed by atoms with Gasteiger partial charge in [0.2, 0.25) is 0 Å². The monoisotopic (exact) mass is 1330 g/mol. The molecule has 0 saturated carbocycles. The molecular weight excluding hydrogens is 1250 g/mol. The SMILES string of the molecule is O=C(Cc1ccc(-c2ccccc2)cc1)OC[C@H]1O[C@@H]2O[C@H]3[C@H](O)[C@@H](O)[C@@H](O[C@H]4[C@H](O)[C@@H](O)[C@@H](O[C@H]5[C@H](O)[C@@H](O)[C@@H](O[C@H]6[C@@H](O)[C@H](O)[C@@H](O[C@H]7[C@@H](O)[C@H](O)[C@@H](O[C@H]8[C@@H](O)[C@H](O)[C@@H](O[C@H]1[C@H](O)[C@H]2O)O[C@@H]8CO)O[C@@H]7CO)O[C@@H]6CO)O[C@@H]5CO)O[C@@H]4CO)O[C@@H]3CO. The maximum atomic E-state index is 13.5. The summed E-state index contributed by atoms with van der Waals surface area (Å²) in [7, 11) is 0. The minimum Gasteiger partial charge on any atom is -0.463 e. The summed E-state index contributed by atoms with van der Waals surface area (Å²) in [5, 5.41) is 224. The van der Waals surface area contributed by atoms with E-state index in [-0.39, 0.29) is 6.42 Å². The quantitative estimate of drug-likeness (QED) is 0.0929. The van der Waals surface area contributed by atoms with Gasteiger partial charge < -0.3 is 173 Å². The highest BCUT2D eigenvalue weighted by Crippen LogP contribution is 2.39. The molecule has 20 N–H and O–H groups in total. The predicted octanol–water partition coefficient (Wildman–Crippen LogP) is -11.8. The number of esters is 1. The average molecular weight is 1330 g/mol. The summed E-state index contributed by atoms with van der Waals surface area (Å²) in [6.45, 7) is -7.29. The second-order valence-corrected chi connectivity index (χ2v) is 23.4. The van der Waals surface area contributed by atoms with E-state index in [4.69, 9.17) is 71.1 Å². The van der Waals surface area contributed by atoms with E-state index < -0.39 is 267 Å². The van der Waals surface area contributed by atoms with E-state index in [0.29, 0.717) is 5.56 Å². The maximum Gasteiger partial charge on any atom is 0.310 e. The van der Waals surface area contributed by atoms with Crippen LogP contribution in [0.15, 0.2) is 54.6 Å². The maximum absolute atomic E-state index is 13.5. The zero-order valence-corrected chi connectivity index (χ0v) is 48.5. The Balaban J connectivity index is 0.933. The normalized spacial score (nSPS) is 48.1. The van der Waals surface area contributed by atoms with Gasteiger partial charge in [0.1, 0.15) is 178 Å². The lowest BCUT2D eigenvalue weighted by Gasteiger charge is -2.50. The fourth-order valence-electron chi connectivity index (χ4n) is 12.2. The zero-order valence-electron chi connectivity index (χ0n) is 48.5. The highest BCUT2D eigenvalue weighted by molar-refractivity contribution is 5.73. The molecule has 92 heavy (non-hydrogen) atoms. The Hall–Kier alpha value is -3.45. The number of benzene rings is 2. The summed E-state index contributed by atoms with van der Waals surface area (Å²) in [5.41, 5.74) is 2.22. The van der Waals surface area contributed by atoms with Gasteiger partial charge in [-0.1, -0.05) is 54.6 Å². The molecule has 0 amide bonds. The smallest absolute Gasteiger partial charge is 0.310 e. The fourth-order valence-corrected chi connectivity index (χ4v) is 12.2. The zero-order chi connectivity index (χ0) is 66.1. The van der Waals surface area contributed by atoms with Gasteiger partial charge in [-0.3, -0.25) is 4.79 Å². The second-order valence-electron chi connectivity index (χ2n) is 23.4. The summed E-state index contributed by atoms with van der Waals surface area (Å²) in [5.74, 6) is -0.882. The lowest BCUT2D eigenvalue weighted by Crippen LogP contribution is -2.68. The van der Waals surface area contributed by atoms with Crippen molar-refractivity contribution < 1.29 is 178 Å². The van der Waals surface area contributed by atoms with Crippen molar-refractivity contribution in [1.82, 2.24) is 0 Å². The Morgan fingerprint density at radius 1 is 0.283 bits per heavy atom. The highest BCUT2D eigenvalue weighted by Gasteiger charge is 2.60. The molecule has 0 unspecified atom stereocenters. The van der Waals surface area contributed by atoms with Crippen LogP contribution >= 0.6 is 0 Å². The van der Waals surface area contributed by atoms with Crippen LogP contribution in [0.1, 0.15) is 5.56 Å². The third-order valence-corrected chi connectivity index (χ3v) is 17.4. The molecule has 21 aliphatic heterocycles. The molecule has 21 heterocycles. The Morgan fingerprint density at radius 3 is 0.739 bits per heavy atom. The van der Waals surface area contributed by atoms with E-state index in [1.165, 1.54) is 0 Å². The van der Waals surface area contributed by atoms with Gasteiger partial charge in [0.05, 0.1) is 46.1 Å². The summed E-state index contributed by atoms with van der Waals surface area (Å²) in [4.78, 5) is 13.5. The van der Waals surface area contributed by atoms with Gasteiger partial charge in [-0.25, -0.2) is 0 Å². The van der Waals surface area contributed by atoms with Crippen LogP contribution < -0.4 is 0 Å². The molecule has 21 aliphatic rings. The average Bonchev–Trinajstić information content (AvgIpc) is 0.802. The lowest BCUT2D eigenvalue weighted by atomic mass is 9.95. The van der Waals surface area contributed by atoms with Gasteiger partial charge in [-0.15, -0.1) is 0 Å². The number of carbonyl (C=O) groups is 1.